The first-order chi connectivity index (χ1) is 10.8. The quantitative estimate of drug-likeness (QED) is 0.539. The van der Waals surface area contributed by atoms with Gasteiger partial charge in [-0.15, -0.1) is 0 Å². The first kappa shape index (κ1) is 17.0. The van der Waals surface area contributed by atoms with E-state index in [4.69, 9.17) is 22.4 Å². The summed E-state index contributed by atoms with van der Waals surface area (Å²) in [5.74, 6) is -3.54. The summed E-state index contributed by atoms with van der Waals surface area (Å²) in [6.45, 7) is 0. The van der Waals surface area contributed by atoms with Gasteiger partial charge >= 0.3 is 11.9 Å². The molecule has 9 heteroatoms. The molecule has 1 aromatic carbocycles. The Labute approximate surface area is 140 Å². The van der Waals surface area contributed by atoms with Crippen LogP contribution in [0.5, 0.6) is 5.75 Å². The minimum Gasteiger partial charge on any atom is -0.507 e. The molecule has 0 bridgehead atoms. The number of aromatic hydroxyl groups is 1. The highest BCUT2D eigenvalue weighted by Crippen LogP contribution is 2.35. The zero-order valence-electron chi connectivity index (χ0n) is 11.5. The largest absolute Gasteiger partial charge is 0.507 e. The van der Waals surface area contributed by atoms with Gasteiger partial charge in [0.2, 0.25) is 0 Å². The molecule has 23 heavy (non-hydrogen) atoms. The van der Waals surface area contributed by atoms with Gasteiger partial charge in [0, 0.05) is 5.56 Å². The van der Waals surface area contributed by atoms with Gasteiger partial charge in [-0.3, -0.25) is 14.5 Å². The topological polar surface area (TPSA) is 115 Å². The van der Waals surface area contributed by atoms with E-state index in [-0.39, 0.29) is 15.0 Å². The Hall–Kier alpha value is -2.39. The van der Waals surface area contributed by atoms with E-state index in [1.54, 1.807) is 18.2 Å². The molecule has 1 atom stereocenters. The van der Waals surface area contributed by atoms with Crippen molar-refractivity contribution in [3.8, 4) is 5.75 Å². The standard InChI is InChI=1S/C14H11NO6S2/c16-9-4-2-1-3-7(9)5-10-12(19)15(14(22)23-10)8(13(20)21)6-11(17)18/h1-5,8,16H,6H2,(H,17,18)(H,20,21)/b10-5-. The molecule has 1 aromatic rings. The minimum absolute atomic E-state index is 0.0367. The second-order valence-corrected chi connectivity index (χ2v) is 6.24. The number of nitrogens with zero attached hydrogens (tertiary/aromatic N) is 1. The summed E-state index contributed by atoms with van der Waals surface area (Å²) >= 11 is 5.86. The van der Waals surface area contributed by atoms with Crippen LogP contribution in [0.1, 0.15) is 12.0 Å². The number of phenols is 1. The fourth-order valence-electron chi connectivity index (χ4n) is 1.95. The number of carboxylic acids is 2. The number of carbonyl (C=O) groups excluding carboxylic acids is 1. The SMILES string of the molecule is O=C(O)CC(C(=O)O)N1C(=O)/C(=C/c2ccccc2O)SC1=S. The molecule has 0 aromatic heterocycles. The third kappa shape index (κ3) is 3.69. The predicted octanol–water partition coefficient (Wildman–Crippen LogP) is 1.52. The van der Waals surface area contributed by atoms with Crippen LogP contribution in [0.4, 0.5) is 0 Å². The lowest BCUT2D eigenvalue weighted by molar-refractivity contribution is -0.150. The monoisotopic (exact) mass is 353 g/mol. The molecule has 1 aliphatic heterocycles. The second kappa shape index (κ2) is 6.80. The number of thioether (sulfide) groups is 1. The van der Waals surface area contributed by atoms with E-state index in [9.17, 15) is 19.5 Å². The number of thiocarbonyl (C=S) groups is 1. The van der Waals surface area contributed by atoms with Crippen molar-refractivity contribution >= 4 is 52.2 Å². The Kier molecular flexibility index (Phi) is 5.02. The molecule has 3 N–H and O–H groups in total. The van der Waals surface area contributed by atoms with Crippen LogP contribution < -0.4 is 0 Å². The van der Waals surface area contributed by atoms with Crippen molar-refractivity contribution in [2.24, 2.45) is 0 Å². The lowest BCUT2D eigenvalue weighted by Crippen LogP contribution is -2.45. The Bertz CT molecular complexity index is 730. The molecule has 2 rings (SSSR count). The summed E-state index contributed by atoms with van der Waals surface area (Å²) in [4.78, 5) is 35.3. The molecule has 1 heterocycles. The van der Waals surface area contributed by atoms with Gasteiger partial charge in [0.15, 0.2) is 0 Å². The predicted molar refractivity (Wildman–Crippen MR) is 86.8 cm³/mol. The normalized spacial score (nSPS) is 17.6. The Morgan fingerprint density at radius 2 is 1.96 bits per heavy atom. The number of hydrogen-bond donors (Lipinski definition) is 3. The molecule has 0 spiro atoms. The van der Waals surface area contributed by atoms with Crippen LogP contribution >= 0.6 is 24.0 Å². The highest BCUT2D eigenvalue weighted by molar-refractivity contribution is 8.26. The number of benzene rings is 1. The maximum absolute atomic E-state index is 12.4. The van der Waals surface area contributed by atoms with E-state index in [2.05, 4.69) is 0 Å². The van der Waals surface area contributed by atoms with Gasteiger partial charge in [-0.1, -0.05) is 42.2 Å². The van der Waals surface area contributed by atoms with Crippen molar-refractivity contribution < 1.29 is 29.7 Å². The zero-order valence-corrected chi connectivity index (χ0v) is 13.1. The Morgan fingerprint density at radius 3 is 2.52 bits per heavy atom. The van der Waals surface area contributed by atoms with E-state index < -0.39 is 30.3 Å². The van der Waals surface area contributed by atoms with Gasteiger partial charge in [-0.25, -0.2) is 4.79 Å². The molecule has 1 saturated heterocycles. The molecule has 1 fully saturated rings. The molecule has 0 saturated carbocycles. The van der Waals surface area contributed by atoms with Crippen LogP contribution in [0.15, 0.2) is 29.2 Å². The van der Waals surface area contributed by atoms with Crippen LogP contribution in [-0.4, -0.2) is 48.4 Å². The average Bonchev–Trinajstić information content (AvgIpc) is 2.73. The van der Waals surface area contributed by atoms with Crippen molar-refractivity contribution in [2.75, 3.05) is 0 Å². The maximum Gasteiger partial charge on any atom is 0.327 e. The number of para-hydroxylation sites is 1. The number of amides is 1. The molecule has 0 aliphatic carbocycles. The summed E-state index contributed by atoms with van der Waals surface area (Å²) in [6.07, 6.45) is 0.625. The van der Waals surface area contributed by atoms with Gasteiger partial charge < -0.3 is 15.3 Å². The van der Waals surface area contributed by atoms with E-state index >= 15 is 0 Å². The minimum atomic E-state index is -1.57. The third-order valence-electron chi connectivity index (χ3n) is 3.01. The first-order valence-corrected chi connectivity index (χ1v) is 7.53. The molecule has 7 nitrogen and oxygen atoms in total. The van der Waals surface area contributed by atoms with Gasteiger partial charge in [0.05, 0.1) is 11.3 Å². The molecule has 0 radical (unpaired) electrons. The molecular formula is C14H11NO6S2. The van der Waals surface area contributed by atoms with Crippen LogP contribution in [0.25, 0.3) is 6.08 Å². The smallest absolute Gasteiger partial charge is 0.327 e. The lowest BCUT2D eigenvalue weighted by atomic mass is 10.1. The first-order valence-electron chi connectivity index (χ1n) is 6.31. The number of carbonyl (C=O) groups is 3. The average molecular weight is 353 g/mol. The molecule has 120 valence electrons. The molecule has 1 amide bonds. The van der Waals surface area contributed by atoms with Gasteiger partial charge in [-0.05, 0) is 12.1 Å². The van der Waals surface area contributed by atoms with Crippen LogP contribution in [0.2, 0.25) is 0 Å². The number of aliphatic carboxylic acids is 2. The summed E-state index contributed by atoms with van der Waals surface area (Å²) < 4.78 is -0.0367. The van der Waals surface area contributed by atoms with Crippen molar-refractivity contribution in [2.45, 2.75) is 12.5 Å². The van der Waals surface area contributed by atoms with Gasteiger partial charge in [0.1, 0.15) is 16.1 Å². The fraction of sp³-hybridized carbons (Fsp3) is 0.143. The third-order valence-corrected chi connectivity index (χ3v) is 4.34. The van der Waals surface area contributed by atoms with Gasteiger partial charge in [-0.2, -0.15) is 0 Å². The summed E-state index contributed by atoms with van der Waals surface area (Å²) in [5, 5.41) is 27.7. The lowest BCUT2D eigenvalue weighted by Gasteiger charge is -2.21. The van der Waals surface area contributed by atoms with Crippen LogP contribution in [0.3, 0.4) is 0 Å². The number of carboxylic acid groups (broad SMARTS) is 2. The van der Waals surface area contributed by atoms with Crippen molar-refractivity contribution in [1.82, 2.24) is 4.90 Å². The Balaban J connectivity index is 2.34. The van der Waals surface area contributed by atoms with Crippen molar-refractivity contribution in [1.29, 1.82) is 0 Å². The highest BCUT2D eigenvalue weighted by atomic mass is 32.2. The number of rotatable bonds is 5. The maximum atomic E-state index is 12.4. The Morgan fingerprint density at radius 1 is 1.30 bits per heavy atom. The number of phenolic OH excluding ortho intramolecular Hbond substituents is 1. The van der Waals surface area contributed by atoms with Crippen molar-refractivity contribution in [3.05, 3.63) is 34.7 Å². The zero-order chi connectivity index (χ0) is 17.1. The van der Waals surface area contributed by atoms with E-state index in [1.165, 1.54) is 12.1 Å². The van der Waals surface area contributed by atoms with Crippen LogP contribution in [-0.2, 0) is 14.4 Å². The molecular weight excluding hydrogens is 342 g/mol. The summed E-state index contributed by atoms with van der Waals surface area (Å²) in [7, 11) is 0. The highest BCUT2D eigenvalue weighted by Gasteiger charge is 2.41. The molecule has 1 unspecified atom stereocenters. The van der Waals surface area contributed by atoms with Gasteiger partial charge in [0.25, 0.3) is 5.91 Å². The van der Waals surface area contributed by atoms with E-state index in [0.717, 1.165) is 16.7 Å². The fourth-order valence-corrected chi connectivity index (χ4v) is 3.30. The molecule has 1 aliphatic rings. The van der Waals surface area contributed by atoms with E-state index in [0.29, 0.717) is 5.56 Å². The van der Waals surface area contributed by atoms with Crippen molar-refractivity contribution in [3.63, 3.8) is 0 Å². The van der Waals surface area contributed by atoms with E-state index in [1.807, 2.05) is 0 Å². The number of hydrogen-bond acceptors (Lipinski definition) is 6. The summed E-state index contributed by atoms with van der Waals surface area (Å²) in [6, 6.07) is 4.72. The second-order valence-electron chi connectivity index (χ2n) is 4.56. The summed E-state index contributed by atoms with van der Waals surface area (Å²) in [5.41, 5.74) is 0.373. The van der Waals surface area contributed by atoms with Crippen LogP contribution in [0, 0.1) is 0 Å².